The van der Waals surface area contributed by atoms with Crippen molar-refractivity contribution < 1.29 is 9.53 Å². The zero-order chi connectivity index (χ0) is 19.0. The molecule has 1 aliphatic rings. The number of para-hydroxylation sites is 1. The molecule has 0 bridgehead atoms. The summed E-state index contributed by atoms with van der Waals surface area (Å²) in [6.45, 7) is 1.54. The van der Waals surface area contributed by atoms with Gasteiger partial charge in [-0.3, -0.25) is 4.79 Å². The Morgan fingerprint density at radius 2 is 1.67 bits per heavy atom. The molecule has 2 aromatic rings. The molecule has 0 heterocycles. The van der Waals surface area contributed by atoms with E-state index in [0.717, 1.165) is 55.6 Å². The van der Waals surface area contributed by atoms with Gasteiger partial charge in [0.2, 0.25) is 5.91 Å². The standard InChI is InChI=1S/C23H30N2O2/c1-27-21-13-11-19(12-14-21)23(15-6-3-7-16-23)22(26)25-18-8-17-24-20-9-4-2-5-10-20/h2,4-5,9-14,24H,3,6-8,15-18H2,1H3,(H,25,26). The van der Waals surface area contributed by atoms with Crippen LogP contribution >= 0.6 is 0 Å². The predicted molar refractivity (Wildman–Crippen MR) is 110 cm³/mol. The molecule has 0 saturated heterocycles. The van der Waals surface area contributed by atoms with Gasteiger partial charge >= 0.3 is 0 Å². The largest absolute Gasteiger partial charge is 0.497 e. The van der Waals surface area contributed by atoms with Gasteiger partial charge in [-0.15, -0.1) is 0 Å². The van der Waals surface area contributed by atoms with Crippen molar-refractivity contribution in [3.63, 3.8) is 0 Å². The highest BCUT2D eigenvalue weighted by Gasteiger charge is 2.40. The van der Waals surface area contributed by atoms with E-state index < -0.39 is 5.41 Å². The van der Waals surface area contributed by atoms with Crippen LogP contribution in [0.2, 0.25) is 0 Å². The van der Waals surface area contributed by atoms with Gasteiger partial charge in [-0.1, -0.05) is 49.6 Å². The van der Waals surface area contributed by atoms with Crippen LogP contribution < -0.4 is 15.4 Å². The maximum atomic E-state index is 13.1. The van der Waals surface area contributed by atoms with Crippen LogP contribution in [-0.2, 0) is 10.2 Å². The Balaban J connectivity index is 1.56. The van der Waals surface area contributed by atoms with Gasteiger partial charge in [0.05, 0.1) is 12.5 Å². The van der Waals surface area contributed by atoms with Crippen molar-refractivity contribution in [2.75, 3.05) is 25.5 Å². The molecule has 3 rings (SSSR count). The number of anilines is 1. The molecule has 0 spiro atoms. The molecule has 4 nitrogen and oxygen atoms in total. The summed E-state index contributed by atoms with van der Waals surface area (Å²) in [7, 11) is 1.67. The van der Waals surface area contributed by atoms with Gasteiger partial charge in [0.1, 0.15) is 5.75 Å². The Bertz CT molecular complexity index is 707. The molecule has 27 heavy (non-hydrogen) atoms. The van der Waals surface area contributed by atoms with Gasteiger partial charge in [0.25, 0.3) is 0 Å². The maximum absolute atomic E-state index is 13.1. The van der Waals surface area contributed by atoms with E-state index in [1.165, 1.54) is 6.42 Å². The SMILES string of the molecule is COc1ccc(C2(C(=O)NCCCNc3ccccc3)CCCCC2)cc1. The Morgan fingerprint density at radius 1 is 0.963 bits per heavy atom. The van der Waals surface area contributed by atoms with E-state index in [2.05, 4.69) is 34.9 Å². The van der Waals surface area contributed by atoms with Crippen LogP contribution in [0.1, 0.15) is 44.1 Å². The van der Waals surface area contributed by atoms with E-state index in [0.29, 0.717) is 6.54 Å². The van der Waals surface area contributed by atoms with Gasteiger partial charge in [-0.2, -0.15) is 0 Å². The second kappa shape index (κ2) is 9.45. The highest BCUT2D eigenvalue weighted by atomic mass is 16.5. The van der Waals surface area contributed by atoms with E-state index >= 15 is 0 Å². The summed E-state index contributed by atoms with van der Waals surface area (Å²) in [6, 6.07) is 18.2. The number of ether oxygens (including phenoxy) is 1. The molecule has 2 aromatic carbocycles. The van der Waals surface area contributed by atoms with Gasteiger partial charge in [-0.05, 0) is 49.1 Å². The Labute approximate surface area is 162 Å². The number of amides is 1. The molecule has 4 heteroatoms. The number of rotatable bonds is 8. The van der Waals surface area contributed by atoms with Crippen LogP contribution in [0.5, 0.6) is 5.75 Å². The summed E-state index contributed by atoms with van der Waals surface area (Å²) in [5.74, 6) is 1.00. The molecule has 1 amide bonds. The van der Waals surface area contributed by atoms with Crippen molar-refractivity contribution in [1.29, 1.82) is 0 Å². The van der Waals surface area contributed by atoms with E-state index in [9.17, 15) is 4.79 Å². The first kappa shape index (κ1) is 19.3. The quantitative estimate of drug-likeness (QED) is 0.676. The molecule has 0 aliphatic heterocycles. The number of carbonyl (C=O) groups excluding carboxylic acids is 1. The van der Waals surface area contributed by atoms with Crippen molar-refractivity contribution in [1.82, 2.24) is 5.32 Å². The lowest BCUT2D eigenvalue weighted by atomic mass is 9.68. The minimum absolute atomic E-state index is 0.173. The summed E-state index contributed by atoms with van der Waals surface area (Å²) in [6.07, 6.45) is 6.18. The lowest BCUT2D eigenvalue weighted by Gasteiger charge is -2.36. The van der Waals surface area contributed by atoms with Crippen LogP contribution in [0, 0.1) is 0 Å². The molecular weight excluding hydrogens is 336 g/mol. The summed E-state index contributed by atoms with van der Waals surface area (Å²) in [5.41, 5.74) is 1.84. The first-order valence-corrected chi connectivity index (χ1v) is 9.96. The summed E-state index contributed by atoms with van der Waals surface area (Å²) < 4.78 is 5.27. The normalized spacial score (nSPS) is 15.7. The van der Waals surface area contributed by atoms with Crippen molar-refractivity contribution >= 4 is 11.6 Å². The lowest BCUT2D eigenvalue weighted by Crippen LogP contribution is -2.46. The second-order valence-electron chi connectivity index (χ2n) is 7.27. The van der Waals surface area contributed by atoms with Gasteiger partial charge in [0, 0.05) is 18.8 Å². The third kappa shape index (κ3) is 4.82. The highest BCUT2D eigenvalue weighted by molar-refractivity contribution is 5.88. The smallest absolute Gasteiger partial charge is 0.230 e. The lowest BCUT2D eigenvalue weighted by molar-refractivity contribution is -0.128. The minimum atomic E-state index is -0.391. The monoisotopic (exact) mass is 366 g/mol. The van der Waals surface area contributed by atoms with Crippen molar-refractivity contribution in [2.24, 2.45) is 0 Å². The molecule has 0 radical (unpaired) electrons. The number of nitrogens with one attached hydrogen (secondary N) is 2. The van der Waals surface area contributed by atoms with Gasteiger partial charge < -0.3 is 15.4 Å². The fourth-order valence-corrected chi connectivity index (χ4v) is 3.96. The predicted octanol–water partition coefficient (Wildman–Crippen LogP) is 4.52. The van der Waals surface area contributed by atoms with Crippen LogP contribution in [-0.4, -0.2) is 26.1 Å². The Morgan fingerprint density at radius 3 is 2.33 bits per heavy atom. The van der Waals surface area contributed by atoms with E-state index in [1.807, 2.05) is 30.3 Å². The Hall–Kier alpha value is -2.49. The summed E-state index contributed by atoms with van der Waals surface area (Å²) in [5, 5.41) is 6.58. The second-order valence-corrected chi connectivity index (χ2v) is 7.27. The van der Waals surface area contributed by atoms with E-state index in [1.54, 1.807) is 7.11 Å². The summed E-state index contributed by atoms with van der Waals surface area (Å²) >= 11 is 0. The van der Waals surface area contributed by atoms with Gasteiger partial charge in [-0.25, -0.2) is 0 Å². The number of benzene rings is 2. The van der Waals surface area contributed by atoms with E-state index in [-0.39, 0.29) is 5.91 Å². The molecule has 0 aromatic heterocycles. The first-order chi connectivity index (χ1) is 13.2. The number of hydrogen-bond acceptors (Lipinski definition) is 3. The van der Waals surface area contributed by atoms with E-state index in [4.69, 9.17) is 4.74 Å². The molecule has 0 atom stereocenters. The molecule has 1 fully saturated rings. The number of carbonyl (C=O) groups is 1. The minimum Gasteiger partial charge on any atom is -0.497 e. The fourth-order valence-electron chi connectivity index (χ4n) is 3.96. The topological polar surface area (TPSA) is 50.4 Å². The fraction of sp³-hybridized carbons (Fsp3) is 0.435. The molecule has 1 saturated carbocycles. The van der Waals surface area contributed by atoms with Crippen molar-refractivity contribution in [2.45, 2.75) is 43.9 Å². The van der Waals surface area contributed by atoms with Crippen molar-refractivity contribution in [3.8, 4) is 5.75 Å². The van der Waals surface area contributed by atoms with Crippen LogP contribution in [0.15, 0.2) is 54.6 Å². The average molecular weight is 367 g/mol. The molecule has 2 N–H and O–H groups in total. The third-order valence-corrected chi connectivity index (χ3v) is 5.53. The number of methoxy groups -OCH3 is 1. The summed E-state index contributed by atoms with van der Waals surface area (Å²) in [4.78, 5) is 13.1. The Kier molecular flexibility index (Phi) is 6.74. The maximum Gasteiger partial charge on any atom is 0.230 e. The highest BCUT2D eigenvalue weighted by Crippen LogP contribution is 2.40. The zero-order valence-electron chi connectivity index (χ0n) is 16.2. The molecule has 144 valence electrons. The molecule has 0 unspecified atom stereocenters. The van der Waals surface area contributed by atoms with Crippen molar-refractivity contribution in [3.05, 3.63) is 60.2 Å². The number of hydrogen-bond donors (Lipinski definition) is 2. The average Bonchev–Trinajstić information content (AvgIpc) is 2.74. The molecular formula is C23H30N2O2. The van der Waals surface area contributed by atoms with Crippen LogP contribution in [0.4, 0.5) is 5.69 Å². The zero-order valence-corrected chi connectivity index (χ0v) is 16.2. The van der Waals surface area contributed by atoms with Crippen LogP contribution in [0.25, 0.3) is 0 Å². The molecule has 1 aliphatic carbocycles. The third-order valence-electron chi connectivity index (χ3n) is 5.53. The first-order valence-electron chi connectivity index (χ1n) is 9.96. The van der Waals surface area contributed by atoms with Gasteiger partial charge in [0.15, 0.2) is 0 Å². The van der Waals surface area contributed by atoms with Crippen LogP contribution in [0.3, 0.4) is 0 Å².